The molecule has 0 amide bonds. The highest BCUT2D eigenvalue weighted by atomic mass is 16.6. The van der Waals surface area contributed by atoms with Crippen LogP contribution in [0.25, 0.3) is 0 Å². The third-order valence-electron chi connectivity index (χ3n) is 7.87. The monoisotopic (exact) mass is 576 g/mol. The summed E-state index contributed by atoms with van der Waals surface area (Å²) in [5.41, 5.74) is -0.991. The van der Waals surface area contributed by atoms with Crippen LogP contribution in [0.2, 0.25) is 0 Å². The van der Waals surface area contributed by atoms with Gasteiger partial charge in [0, 0.05) is 6.54 Å². The Morgan fingerprint density at radius 1 is 0.659 bits per heavy atom. The van der Waals surface area contributed by atoms with E-state index in [0.717, 1.165) is 51.4 Å². The SMILES string of the molecule is CCCCC/C=C/CCCC(O)(CCC/C=C/CCCCC)C(CC/C=C/CCCCCC)OC(=O)CCN(C)C. The molecule has 240 valence electrons. The van der Waals surface area contributed by atoms with Gasteiger partial charge in [0.2, 0.25) is 0 Å². The Morgan fingerprint density at radius 2 is 1.07 bits per heavy atom. The molecule has 0 saturated carbocycles. The molecule has 0 aromatic heterocycles. The van der Waals surface area contributed by atoms with Crippen LogP contribution in [-0.2, 0) is 9.53 Å². The maximum Gasteiger partial charge on any atom is 0.307 e. The third-order valence-corrected chi connectivity index (χ3v) is 7.87. The normalized spacial score (nSPS) is 13.3. The topological polar surface area (TPSA) is 49.8 Å². The van der Waals surface area contributed by atoms with E-state index in [4.69, 9.17) is 4.74 Å². The second-order valence-electron chi connectivity index (χ2n) is 12.3. The summed E-state index contributed by atoms with van der Waals surface area (Å²) in [5, 5.41) is 12.1. The van der Waals surface area contributed by atoms with Crippen molar-refractivity contribution in [2.45, 2.75) is 174 Å². The number of aliphatic hydroxyl groups is 1. The molecule has 0 aromatic carbocycles. The van der Waals surface area contributed by atoms with E-state index in [2.05, 4.69) is 57.2 Å². The molecular formula is C37H69NO3. The lowest BCUT2D eigenvalue weighted by Gasteiger charge is -2.36. The van der Waals surface area contributed by atoms with Gasteiger partial charge in [0.1, 0.15) is 11.7 Å². The molecule has 0 aliphatic carbocycles. The van der Waals surface area contributed by atoms with Crippen LogP contribution in [0, 0.1) is 0 Å². The van der Waals surface area contributed by atoms with Crippen molar-refractivity contribution < 1.29 is 14.6 Å². The molecule has 41 heavy (non-hydrogen) atoms. The summed E-state index contributed by atoms with van der Waals surface area (Å²) < 4.78 is 6.09. The highest BCUT2D eigenvalue weighted by Crippen LogP contribution is 2.31. The van der Waals surface area contributed by atoms with Crippen LogP contribution in [0.4, 0.5) is 0 Å². The minimum absolute atomic E-state index is 0.197. The number of carbonyl (C=O) groups is 1. The average molecular weight is 576 g/mol. The van der Waals surface area contributed by atoms with Crippen molar-refractivity contribution >= 4 is 5.97 Å². The first-order valence-electron chi connectivity index (χ1n) is 17.4. The van der Waals surface area contributed by atoms with Gasteiger partial charge < -0.3 is 14.7 Å². The molecule has 0 aliphatic rings. The zero-order chi connectivity index (χ0) is 30.4. The summed E-state index contributed by atoms with van der Waals surface area (Å²) in [7, 11) is 3.94. The van der Waals surface area contributed by atoms with Gasteiger partial charge in [-0.3, -0.25) is 4.79 Å². The quantitative estimate of drug-likeness (QED) is 0.0547. The minimum atomic E-state index is -0.991. The Labute approximate surface area is 256 Å². The number of hydrogen-bond donors (Lipinski definition) is 1. The van der Waals surface area contributed by atoms with E-state index in [9.17, 15) is 9.90 Å². The Balaban J connectivity index is 5.32. The van der Waals surface area contributed by atoms with Crippen LogP contribution in [0.5, 0.6) is 0 Å². The number of carbonyl (C=O) groups excluding carboxylic acids is 1. The molecule has 1 atom stereocenters. The number of unbranched alkanes of at least 4 members (excludes halogenated alkanes) is 12. The van der Waals surface area contributed by atoms with Crippen LogP contribution in [0.1, 0.15) is 162 Å². The van der Waals surface area contributed by atoms with E-state index in [1.165, 1.54) is 64.2 Å². The molecule has 1 unspecified atom stereocenters. The molecule has 0 bridgehead atoms. The van der Waals surface area contributed by atoms with Crippen molar-refractivity contribution in [1.82, 2.24) is 4.90 Å². The van der Waals surface area contributed by atoms with Gasteiger partial charge in [-0.05, 0) is 104 Å². The fraction of sp³-hybridized carbons (Fsp3) is 0.811. The number of ether oxygens (including phenoxy) is 1. The zero-order valence-corrected chi connectivity index (χ0v) is 28.0. The van der Waals surface area contributed by atoms with E-state index >= 15 is 0 Å². The molecule has 4 heteroatoms. The summed E-state index contributed by atoms with van der Waals surface area (Å²) in [6.07, 6.45) is 36.1. The zero-order valence-electron chi connectivity index (χ0n) is 28.0. The highest BCUT2D eigenvalue weighted by Gasteiger charge is 2.38. The molecule has 0 aliphatic heterocycles. The summed E-state index contributed by atoms with van der Waals surface area (Å²) in [4.78, 5) is 14.8. The number of allylic oxidation sites excluding steroid dienone is 6. The van der Waals surface area contributed by atoms with Crippen LogP contribution in [0.15, 0.2) is 36.5 Å². The maximum atomic E-state index is 12.8. The van der Waals surface area contributed by atoms with Crippen LogP contribution in [-0.4, -0.2) is 48.3 Å². The number of esters is 1. The second kappa shape index (κ2) is 28.7. The van der Waals surface area contributed by atoms with Gasteiger partial charge in [-0.25, -0.2) is 0 Å². The smallest absolute Gasteiger partial charge is 0.307 e. The van der Waals surface area contributed by atoms with Crippen LogP contribution < -0.4 is 0 Å². The Morgan fingerprint density at radius 3 is 1.54 bits per heavy atom. The first-order valence-corrected chi connectivity index (χ1v) is 17.4. The summed E-state index contributed by atoms with van der Waals surface area (Å²) in [5.74, 6) is -0.197. The molecule has 0 heterocycles. The third kappa shape index (κ3) is 24.9. The Hall–Kier alpha value is -1.39. The van der Waals surface area contributed by atoms with Crippen molar-refractivity contribution in [3.8, 4) is 0 Å². The minimum Gasteiger partial charge on any atom is -0.459 e. The molecule has 0 radical (unpaired) electrons. The van der Waals surface area contributed by atoms with Crippen LogP contribution >= 0.6 is 0 Å². The fourth-order valence-corrected chi connectivity index (χ4v) is 5.14. The van der Waals surface area contributed by atoms with E-state index in [-0.39, 0.29) is 5.97 Å². The lowest BCUT2D eigenvalue weighted by Crippen LogP contribution is -2.45. The fourth-order valence-electron chi connectivity index (χ4n) is 5.14. The molecule has 0 spiro atoms. The van der Waals surface area contributed by atoms with E-state index in [0.29, 0.717) is 32.2 Å². The highest BCUT2D eigenvalue weighted by molar-refractivity contribution is 5.69. The Bertz CT molecular complexity index is 641. The molecule has 1 N–H and O–H groups in total. The van der Waals surface area contributed by atoms with Gasteiger partial charge in [-0.1, -0.05) is 102 Å². The van der Waals surface area contributed by atoms with E-state index in [1.54, 1.807) is 0 Å². The Kier molecular flexibility index (Phi) is 27.7. The molecule has 0 rings (SSSR count). The summed E-state index contributed by atoms with van der Waals surface area (Å²) in [6.45, 7) is 7.37. The predicted molar refractivity (Wildman–Crippen MR) is 179 cm³/mol. The van der Waals surface area contributed by atoms with Crippen molar-refractivity contribution in [3.05, 3.63) is 36.5 Å². The number of rotatable bonds is 29. The molecular weight excluding hydrogens is 506 g/mol. The van der Waals surface area contributed by atoms with Gasteiger partial charge in [-0.15, -0.1) is 0 Å². The van der Waals surface area contributed by atoms with Gasteiger partial charge in [-0.2, -0.15) is 0 Å². The van der Waals surface area contributed by atoms with Crippen molar-refractivity contribution in [1.29, 1.82) is 0 Å². The standard InChI is InChI=1S/C37H69NO3/c1-6-9-12-15-18-21-24-27-30-35(41-36(39)31-34-38(4)5)37(40,32-28-25-22-19-16-13-10-7-2)33-29-26-23-20-17-14-11-8-3/h19-24,35,40H,6-18,25-34H2,1-5H3/b22-19+,23-20+,24-21+. The summed E-state index contributed by atoms with van der Waals surface area (Å²) in [6, 6.07) is 0. The number of hydrogen-bond acceptors (Lipinski definition) is 4. The van der Waals surface area contributed by atoms with Crippen molar-refractivity contribution in [3.63, 3.8) is 0 Å². The molecule has 0 aromatic rings. The lowest BCUT2D eigenvalue weighted by atomic mass is 9.83. The largest absolute Gasteiger partial charge is 0.459 e. The van der Waals surface area contributed by atoms with Gasteiger partial charge >= 0.3 is 5.97 Å². The predicted octanol–water partition coefficient (Wildman–Crippen LogP) is 10.5. The van der Waals surface area contributed by atoms with E-state index in [1.807, 2.05) is 19.0 Å². The van der Waals surface area contributed by atoms with E-state index < -0.39 is 11.7 Å². The summed E-state index contributed by atoms with van der Waals surface area (Å²) >= 11 is 0. The molecule has 4 nitrogen and oxygen atoms in total. The maximum absolute atomic E-state index is 12.8. The van der Waals surface area contributed by atoms with Gasteiger partial charge in [0.15, 0.2) is 0 Å². The van der Waals surface area contributed by atoms with Gasteiger partial charge in [0.25, 0.3) is 0 Å². The molecule has 0 saturated heterocycles. The lowest BCUT2D eigenvalue weighted by molar-refractivity contribution is -0.169. The number of nitrogens with zero attached hydrogens (tertiary/aromatic N) is 1. The average Bonchev–Trinajstić information content (AvgIpc) is 2.95. The molecule has 0 fully saturated rings. The first kappa shape index (κ1) is 39.6. The second-order valence-corrected chi connectivity index (χ2v) is 12.3. The van der Waals surface area contributed by atoms with Gasteiger partial charge in [0.05, 0.1) is 6.42 Å². The van der Waals surface area contributed by atoms with Crippen LogP contribution in [0.3, 0.4) is 0 Å². The van der Waals surface area contributed by atoms with Crippen molar-refractivity contribution in [2.75, 3.05) is 20.6 Å². The first-order chi connectivity index (χ1) is 19.9. The van der Waals surface area contributed by atoms with Crippen molar-refractivity contribution in [2.24, 2.45) is 0 Å².